The minimum atomic E-state index is -0.452. The van der Waals surface area contributed by atoms with E-state index in [1.807, 2.05) is 18.2 Å². The summed E-state index contributed by atoms with van der Waals surface area (Å²) in [4.78, 5) is 15.9. The lowest BCUT2D eigenvalue weighted by molar-refractivity contribution is 0.159. The number of fused-ring (bicyclic) bond motifs is 1. The highest BCUT2D eigenvalue weighted by Gasteiger charge is 2.09. The van der Waals surface area contributed by atoms with E-state index in [1.54, 1.807) is 7.11 Å². The van der Waals surface area contributed by atoms with Crippen molar-refractivity contribution in [3.63, 3.8) is 0 Å². The molecule has 2 rings (SSSR count). The molecule has 20 heavy (non-hydrogen) atoms. The second kappa shape index (κ2) is 7.09. The number of thiazole rings is 1. The van der Waals surface area contributed by atoms with Crippen molar-refractivity contribution in [2.24, 2.45) is 0 Å². The molecule has 0 fully saturated rings. The van der Waals surface area contributed by atoms with Gasteiger partial charge in [-0.25, -0.2) is 9.78 Å². The molecule has 2 aromatic rings. The summed E-state index contributed by atoms with van der Waals surface area (Å²) in [7, 11) is 1.62. The quantitative estimate of drug-likeness (QED) is 0.817. The number of aromatic nitrogens is 1. The third-order valence-corrected chi connectivity index (χ3v) is 3.72. The summed E-state index contributed by atoms with van der Waals surface area (Å²) in [6, 6.07) is 5.60. The normalized spacial score (nSPS) is 10.5. The molecular formula is C14H18N2O3S. The van der Waals surface area contributed by atoms with E-state index in [1.165, 1.54) is 11.3 Å². The van der Waals surface area contributed by atoms with E-state index < -0.39 is 6.09 Å². The first kappa shape index (κ1) is 14.6. The zero-order valence-corrected chi connectivity index (χ0v) is 12.5. The van der Waals surface area contributed by atoms with Crippen LogP contribution in [-0.2, 0) is 4.74 Å². The van der Waals surface area contributed by atoms with Crippen LogP contribution in [0.15, 0.2) is 18.2 Å². The van der Waals surface area contributed by atoms with Gasteiger partial charge in [0.15, 0.2) is 5.13 Å². The van der Waals surface area contributed by atoms with Crippen LogP contribution in [0, 0.1) is 0 Å². The Balaban J connectivity index is 1.94. The molecule has 1 amide bonds. The van der Waals surface area contributed by atoms with E-state index >= 15 is 0 Å². The first-order chi connectivity index (χ1) is 9.72. The number of nitrogens with one attached hydrogen (secondary N) is 1. The lowest BCUT2D eigenvalue weighted by Gasteiger charge is -2.03. The van der Waals surface area contributed by atoms with Gasteiger partial charge in [0.25, 0.3) is 0 Å². The summed E-state index contributed by atoms with van der Waals surface area (Å²) >= 11 is 1.40. The van der Waals surface area contributed by atoms with Crippen molar-refractivity contribution < 1.29 is 14.3 Å². The van der Waals surface area contributed by atoms with Gasteiger partial charge >= 0.3 is 6.09 Å². The van der Waals surface area contributed by atoms with E-state index in [4.69, 9.17) is 9.47 Å². The van der Waals surface area contributed by atoms with Crippen LogP contribution in [-0.4, -0.2) is 24.8 Å². The topological polar surface area (TPSA) is 60.5 Å². The number of carbonyl (C=O) groups is 1. The number of amides is 1. The van der Waals surface area contributed by atoms with Crippen LogP contribution < -0.4 is 10.1 Å². The molecule has 6 heteroatoms. The number of ether oxygens (including phenoxy) is 2. The Morgan fingerprint density at radius 2 is 2.25 bits per heavy atom. The highest BCUT2D eigenvalue weighted by Crippen LogP contribution is 2.29. The molecule has 0 atom stereocenters. The number of carbonyl (C=O) groups excluding carboxylic acids is 1. The van der Waals surface area contributed by atoms with Gasteiger partial charge in [0.2, 0.25) is 0 Å². The first-order valence-electron chi connectivity index (χ1n) is 6.61. The van der Waals surface area contributed by atoms with E-state index in [0.29, 0.717) is 11.7 Å². The number of nitrogens with zero attached hydrogens (tertiary/aromatic N) is 1. The predicted molar refractivity (Wildman–Crippen MR) is 80.7 cm³/mol. The lowest BCUT2D eigenvalue weighted by atomic mass is 10.3. The van der Waals surface area contributed by atoms with Gasteiger partial charge in [-0.3, -0.25) is 5.32 Å². The molecule has 0 saturated carbocycles. The van der Waals surface area contributed by atoms with Crippen molar-refractivity contribution in [2.45, 2.75) is 26.2 Å². The van der Waals surface area contributed by atoms with E-state index in [2.05, 4.69) is 17.2 Å². The van der Waals surface area contributed by atoms with Crippen molar-refractivity contribution in [1.82, 2.24) is 4.98 Å². The van der Waals surface area contributed by atoms with Gasteiger partial charge in [-0.2, -0.15) is 0 Å². The zero-order valence-electron chi connectivity index (χ0n) is 11.6. The van der Waals surface area contributed by atoms with E-state index in [-0.39, 0.29) is 0 Å². The molecule has 0 aliphatic rings. The van der Waals surface area contributed by atoms with Crippen molar-refractivity contribution in [2.75, 3.05) is 19.0 Å². The van der Waals surface area contributed by atoms with Gasteiger partial charge in [0.1, 0.15) is 5.75 Å². The second-order valence-electron chi connectivity index (χ2n) is 4.32. The maximum atomic E-state index is 11.6. The fourth-order valence-corrected chi connectivity index (χ4v) is 2.61. The number of unbranched alkanes of at least 4 members (excludes halogenated alkanes) is 2. The third-order valence-electron chi connectivity index (χ3n) is 2.79. The first-order valence-corrected chi connectivity index (χ1v) is 7.43. The number of rotatable bonds is 6. The summed E-state index contributed by atoms with van der Waals surface area (Å²) in [6.45, 7) is 2.55. The second-order valence-corrected chi connectivity index (χ2v) is 5.35. The molecule has 0 spiro atoms. The molecule has 5 nitrogen and oxygen atoms in total. The average molecular weight is 294 g/mol. The molecule has 0 aliphatic heterocycles. The SMILES string of the molecule is CCCCCOC(=O)Nc1nc2ccc(OC)cc2s1. The molecular weight excluding hydrogens is 276 g/mol. The maximum Gasteiger partial charge on any atom is 0.413 e. The highest BCUT2D eigenvalue weighted by molar-refractivity contribution is 7.22. The van der Waals surface area contributed by atoms with Gasteiger partial charge in [-0.05, 0) is 24.6 Å². The molecule has 0 bridgehead atoms. The smallest absolute Gasteiger partial charge is 0.413 e. The summed E-state index contributed by atoms with van der Waals surface area (Å²) in [5.41, 5.74) is 0.831. The van der Waals surface area contributed by atoms with Crippen LogP contribution in [0.2, 0.25) is 0 Å². The summed E-state index contributed by atoms with van der Waals surface area (Å²) in [5, 5.41) is 3.19. The number of anilines is 1. The number of hydrogen-bond donors (Lipinski definition) is 1. The molecule has 1 heterocycles. The Labute approximate surface area is 121 Å². The van der Waals surface area contributed by atoms with Gasteiger partial charge in [-0.1, -0.05) is 31.1 Å². The molecule has 108 valence electrons. The standard InChI is InChI=1S/C14H18N2O3S/c1-3-4-5-8-19-14(17)16-13-15-11-7-6-10(18-2)9-12(11)20-13/h6-7,9H,3-5,8H2,1-2H3,(H,15,16,17). The Hall–Kier alpha value is -1.82. The molecule has 0 aliphatic carbocycles. The van der Waals surface area contributed by atoms with Crippen LogP contribution in [0.25, 0.3) is 10.2 Å². The Kier molecular flexibility index (Phi) is 5.17. The summed E-state index contributed by atoms with van der Waals surface area (Å²) in [5.74, 6) is 0.773. The Morgan fingerprint density at radius 3 is 3.00 bits per heavy atom. The minimum Gasteiger partial charge on any atom is -0.497 e. The Morgan fingerprint density at radius 1 is 1.40 bits per heavy atom. The maximum absolute atomic E-state index is 11.6. The predicted octanol–water partition coefficient (Wildman–Crippen LogP) is 4.04. The van der Waals surface area contributed by atoms with E-state index in [9.17, 15) is 4.79 Å². The minimum absolute atomic E-state index is 0.443. The van der Waals surface area contributed by atoms with Crippen LogP contribution in [0.5, 0.6) is 5.75 Å². The molecule has 1 aromatic heterocycles. The summed E-state index contributed by atoms with van der Waals surface area (Å²) in [6.07, 6.45) is 2.60. The van der Waals surface area contributed by atoms with Crippen LogP contribution in [0.1, 0.15) is 26.2 Å². The van der Waals surface area contributed by atoms with Gasteiger partial charge in [0.05, 0.1) is 23.9 Å². The fraction of sp³-hybridized carbons (Fsp3) is 0.429. The summed E-state index contributed by atoms with van der Waals surface area (Å²) < 4.78 is 11.2. The lowest BCUT2D eigenvalue weighted by Crippen LogP contribution is -2.14. The number of methoxy groups -OCH3 is 1. The van der Waals surface area contributed by atoms with Crippen molar-refractivity contribution in [3.05, 3.63) is 18.2 Å². The third kappa shape index (κ3) is 3.84. The fourth-order valence-electron chi connectivity index (χ4n) is 1.73. The molecule has 0 radical (unpaired) electrons. The van der Waals surface area contributed by atoms with Gasteiger partial charge < -0.3 is 9.47 Å². The monoisotopic (exact) mass is 294 g/mol. The zero-order chi connectivity index (χ0) is 14.4. The van der Waals surface area contributed by atoms with Crippen molar-refractivity contribution in [3.8, 4) is 5.75 Å². The van der Waals surface area contributed by atoms with Crippen LogP contribution >= 0.6 is 11.3 Å². The number of hydrogen-bond acceptors (Lipinski definition) is 5. The van der Waals surface area contributed by atoms with Crippen molar-refractivity contribution >= 4 is 32.8 Å². The Bertz CT molecular complexity index is 583. The van der Waals surface area contributed by atoms with Gasteiger partial charge in [-0.15, -0.1) is 0 Å². The average Bonchev–Trinajstić information content (AvgIpc) is 2.84. The van der Waals surface area contributed by atoms with Crippen LogP contribution in [0.4, 0.5) is 9.93 Å². The largest absolute Gasteiger partial charge is 0.497 e. The molecule has 1 N–H and O–H groups in total. The van der Waals surface area contributed by atoms with Crippen LogP contribution in [0.3, 0.4) is 0 Å². The van der Waals surface area contributed by atoms with Gasteiger partial charge in [0, 0.05) is 0 Å². The highest BCUT2D eigenvalue weighted by atomic mass is 32.1. The molecule has 1 aromatic carbocycles. The molecule has 0 saturated heterocycles. The van der Waals surface area contributed by atoms with E-state index in [0.717, 1.165) is 35.2 Å². The molecule has 0 unspecified atom stereocenters. The van der Waals surface area contributed by atoms with Crippen molar-refractivity contribution in [1.29, 1.82) is 0 Å². The number of benzene rings is 1.